The van der Waals surface area contributed by atoms with Crippen LogP contribution in [0.3, 0.4) is 0 Å². The SMILES string of the molecule is O=C(C=Cc1ccc(O)c(O)c1)c1ccc(NS(=O)(=O)c2ccc(O)cc2)cc1. The number of sulfonamides is 1. The second-order valence-corrected chi connectivity index (χ2v) is 7.80. The maximum absolute atomic E-state index is 12.3. The van der Waals surface area contributed by atoms with Gasteiger partial charge in [-0.3, -0.25) is 9.52 Å². The number of phenolic OH excluding ortho intramolecular Hbond substituents is 3. The van der Waals surface area contributed by atoms with Gasteiger partial charge in [-0.15, -0.1) is 0 Å². The van der Waals surface area contributed by atoms with Crippen molar-refractivity contribution >= 4 is 27.6 Å². The van der Waals surface area contributed by atoms with Crippen LogP contribution in [0.4, 0.5) is 5.69 Å². The zero-order valence-corrected chi connectivity index (χ0v) is 15.8. The fraction of sp³-hybridized carbons (Fsp3) is 0. The molecule has 7 nitrogen and oxygen atoms in total. The number of benzene rings is 3. The quantitative estimate of drug-likeness (QED) is 0.280. The van der Waals surface area contributed by atoms with Crippen LogP contribution in [-0.2, 0) is 10.0 Å². The second kappa shape index (κ2) is 8.07. The van der Waals surface area contributed by atoms with Crippen LogP contribution in [0.1, 0.15) is 15.9 Å². The average Bonchev–Trinajstić information content (AvgIpc) is 2.69. The molecule has 0 amide bonds. The molecule has 29 heavy (non-hydrogen) atoms. The number of nitrogens with one attached hydrogen (secondary N) is 1. The minimum absolute atomic E-state index is 0.00413. The van der Waals surface area contributed by atoms with Gasteiger partial charge in [-0.2, -0.15) is 0 Å². The van der Waals surface area contributed by atoms with E-state index in [0.29, 0.717) is 11.1 Å². The summed E-state index contributed by atoms with van der Waals surface area (Å²) in [5.41, 5.74) is 1.16. The lowest BCUT2D eigenvalue weighted by atomic mass is 10.1. The summed E-state index contributed by atoms with van der Waals surface area (Å²) in [7, 11) is -3.82. The van der Waals surface area contributed by atoms with Crippen LogP contribution in [0.2, 0.25) is 0 Å². The Morgan fingerprint density at radius 2 is 1.48 bits per heavy atom. The van der Waals surface area contributed by atoms with Gasteiger partial charge in [-0.25, -0.2) is 8.42 Å². The summed E-state index contributed by atoms with van der Waals surface area (Å²) < 4.78 is 27.1. The van der Waals surface area contributed by atoms with Gasteiger partial charge in [0.05, 0.1) is 4.90 Å². The molecule has 0 saturated carbocycles. The number of aromatic hydroxyl groups is 3. The lowest BCUT2D eigenvalue weighted by molar-refractivity contribution is 0.104. The summed E-state index contributed by atoms with van der Waals surface area (Å²) in [6.07, 6.45) is 2.80. The molecule has 0 radical (unpaired) electrons. The Balaban J connectivity index is 1.70. The van der Waals surface area contributed by atoms with Crippen molar-refractivity contribution < 1.29 is 28.5 Å². The molecule has 0 aliphatic heterocycles. The molecule has 0 spiro atoms. The maximum atomic E-state index is 12.3. The third-order valence-electron chi connectivity index (χ3n) is 4.00. The highest BCUT2D eigenvalue weighted by Crippen LogP contribution is 2.25. The molecule has 0 aliphatic carbocycles. The van der Waals surface area contributed by atoms with E-state index in [2.05, 4.69) is 4.72 Å². The van der Waals surface area contributed by atoms with E-state index in [1.807, 2.05) is 0 Å². The van der Waals surface area contributed by atoms with E-state index in [-0.39, 0.29) is 33.6 Å². The van der Waals surface area contributed by atoms with E-state index in [4.69, 9.17) is 0 Å². The predicted molar refractivity (Wildman–Crippen MR) is 108 cm³/mol. The lowest BCUT2D eigenvalue weighted by Gasteiger charge is -2.08. The van der Waals surface area contributed by atoms with Crippen LogP contribution in [0.15, 0.2) is 77.7 Å². The first-order valence-corrected chi connectivity index (χ1v) is 9.89. The van der Waals surface area contributed by atoms with Crippen LogP contribution in [0.5, 0.6) is 17.2 Å². The van der Waals surface area contributed by atoms with Crippen molar-refractivity contribution in [2.45, 2.75) is 4.90 Å². The summed E-state index contributed by atoms with van der Waals surface area (Å²) in [5, 5.41) is 28.0. The number of allylic oxidation sites excluding steroid dienone is 1. The number of ketones is 1. The molecule has 4 N–H and O–H groups in total. The fourth-order valence-corrected chi connectivity index (χ4v) is 3.51. The molecule has 3 aromatic carbocycles. The number of hydrogen-bond acceptors (Lipinski definition) is 6. The van der Waals surface area contributed by atoms with Crippen molar-refractivity contribution in [1.82, 2.24) is 0 Å². The number of rotatable bonds is 6. The van der Waals surface area contributed by atoms with Crippen molar-refractivity contribution in [3.05, 3.63) is 83.9 Å². The maximum Gasteiger partial charge on any atom is 0.261 e. The molecule has 8 heteroatoms. The lowest BCUT2D eigenvalue weighted by Crippen LogP contribution is -2.12. The van der Waals surface area contributed by atoms with Crippen LogP contribution < -0.4 is 4.72 Å². The molecule has 0 aromatic heterocycles. The highest BCUT2D eigenvalue weighted by molar-refractivity contribution is 7.92. The number of anilines is 1. The molecule has 148 valence electrons. The van der Waals surface area contributed by atoms with Gasteiger partial charge in [-0.05, 0) is 72.3 Å². The van der Waals surface area contributed by atoms with Crippen LogP contribution in [0, 0.1) is 0 Å². The molecule has 0 fully saturated rings. The highest BCUT2D eigenvalue weighted by atomic mass is 32.2. The first-order valence-electron chi connectivity index (χ1n) is 8.41. The molecule has 0 atom stereocenters. The van der Waals surface area contributed by atoms with Crippen LogP contribution >= 0.6 is 0 Å². The van der Waals surface area contributed by atoms with Gasteiger partial charge in [0.25, 0.3) is 10.0 Å². The van der Waals surface area contributed by atoms with Crippen molar-refractivity contribution in [3.8, 4) is 17.2 Å². The highest BCUT2D eigenvalue weighted by Gasteiger charge is 2.14. The minimum Gasteiger partial charge on any atom is -0.508 e. The molecule has 0 saturated heterocycles. The van der Waals surface area contributed by atoms with Gasteiger partial charge >= 0.3 is 0 Å². The van der Waals surface area contributed by atoms with E-state index in [1.165, 1.54) is 72.8 Å². The Labute approximate surface area is 167 Å². The minimum atomic E-state index is -3.82. The molecule has 3 rings (SSSR count). The summed E-state index contributed by atoms with van der Waals surface area (Å²) >= 11 is 0. The Bertz CT molecular complexity index is 1170. The van der Waals surface area contributed by atoms with Crippen molar-refractivity contribution in [2.75, 3.05) is 4.72 Å². The van der Waals surface area contributed by atoms with Crippen molar-refractivity contribution in [3.63, 3.8) is 0 Å². The van der Waals surface area contributed by atoms with Crippen molar-refractivity contribution in [2.24, 2.45) is 0 Å². The number of carbonyl (C=O) groups is 1. The molecular weight excluding hydrogens is 394 g/mol. The van der Waals surface area contributed by atoms with Gasteiger partial charge < -0.3 is 15.3 Å². The topological polar surface area (TPSA) is 124 Å². The van der Waals surface area contributed by atoms with Crippen molar-refractivity contribution in [1.29, 1.82) is 0 Å². The Morgan fingerprint density at radius 3 is 2.10 bits per heavy atom. The Hall–Kier alpha value is -3.78. The van der Waals surface area contributed by atoms with E-state index in [1.54, 1.807) is 6.07 Å². The van der Waals surface area contributed by atoms with Gasteiger partial charge in [-0.1, -0.05) is 12.1 Å². The van der Waals surface area contributed by atoms with E-state index in [9.17, 15) is 28.5 Å². The third-order valence-corrected chi connectivity index (χ3v) is 5.39. The third kappa shape index (κ3) is 4.94. The summed E-state index contributed by atoms with van der Waals surface area (Å²) in [6, 6.07) is 15.2. The van der Waals surface area contributed by atoms with Gasteiger partial charge in [0.15, 0.2) is 17.3 Å². The predicted octanol–water partition coefficient (Wildman–Crippen LogP) is 3.50. The van der Waals surface area contributed by atoms with Gasteiger partial charge in [0.2, 0.25) is 0 Å². The summed E-state index contributed by atoms with van der Waals surface area (Å²) in [4.78, 5) is 12.3. The standard InChI is InChI=1S/C21H17NO6S/c23-17-7-9-18(10-8-17)29(27,28)22-16-5-3-15(4-6-16)19(24)11-1-14-2-12-20(25)21(26)13-14/h1-13,22-23,25-26H. The molecule has 3 aromatic rings. The molecular formula is C21H17NO6S. The zero-order valence-electron chi connectivity index (χ0n) is 15.0. The van der Waals surface area contributed by atoms with Crippen LogP contribution in [0.25, 0.3) is 6.08 Å². The Kier molecular flexibility index (Phi) is 5.56. The first kappa shape index (κ1) is 20.0. The first-order chi connectivity index (χ1) is 13.7. The van der Waals surface area contributed by atoms with E-state index in [0.717, 1.165) is 0 Å². The monoisotopic (exact) mass is 411 g/mol. The van der Waals surface area contributed by atoms with E-state index < -0.39 is 10.0 Å². The summed E-state index contributed by atoms with van der Waals surface area (Å²) in [5.74, 6) is -0.892. The fourth-order valence-electron chi connectivity index (χ4n) is 2.45. The van der Waals surface area contributed by atoms with E-state index >= 15 is 0 Å². The Morgan fingerprint density at radius 1 is 0.828 bits per heavy atom. The number of hydrogen-bond donors (Lipinski definition) is 4. The van der Waals surface area contributed by atoms with Crippen LogP contribution in [-0.4, -0.2) is 29.5 Å². The zero-order chi connectivity index (χ0) is 21.0. The molecule has 0 bridgehead atoms. The van der Waals surface area contributed by atoms with Gasteiger partial charge in [0, 0.05) is 11.3 Å². The van der Waals surface area contributed by atoms with Gasteiger partial charge in [0.1, 0.15) is 5.75 Å². The normalized spacial score (nSPS) is 11.4. The average molecular weight is 411 g/mol. The smallest absolute Gasteiger partial charge is 0.261 e. The summed E-state index contributed by atoms with van der Waals surface area (Å²) in [6.45, 7) is 0. The number of carbonyl (C=O) groups excluding carboxylic acids is 1. The molecule has 0 unspecified atom stereocenters. The molecule has 0 heterocycles. The largest absolute Gasteiger partial charge is 0.508 e. The molecule has 0 aliphatic rings. The second-order valence-electron chi connectivity index (χ2n) is 6.12. The number of phenols is 3.